The normalized spacial score (nSPS) is 12.3. The Hall–Kier alpha value is -1.67. The highest BCUT2D eigenvalue weighted by Gasteiger charge is 2.08. The van der Waals surface area contributed by atoms with Crippen LogP contribution in [0, 0.1) is 0 Å². The van der Waals surface area contributed by atoms with Crippen LogP contribution in [0.3, 0.4) is 0 Å². The van der Waals surface area contributed by atoms with Crippen LogP contribution in [0.5, 0.6) is 0 Å². The number of aromatic nitrogens is 1. The second kappa shape index (κ2) is 7.70. The van der Waals surface area contributed by atoms with E-state index in [2.05, 4.69) is 59.7 Å². The molecule has 2 nitrogen and oxygen atoms in total. The first kappa shape index (κ1) is 13.8. The van der Waals surface area contributed by atoms with Gasteiger partial charge >= 0.3 is 0 Å². The number of likely N-dealkylation sites (N-methyl/N-ethyl adjacent to an activating group) is 1. The van der Waals surface area contributed by atoms with E-state index < -0.39 is 0 Å². The van der Waals surface area contributed by atoms with Gasteiger partial charge in [0.15, 0.2) is 0 Å². The molecule has 2 heteroatoms. The summed E-state index contributed by atoms with van der Waals surface area (Å²) in [6, 6.07) is 17.3. The summed E-state index contributed by atoms with van der Waals surface area (Å²) >= 11 is 0. The molecule has 0 fully saturated rings. The van der Waals surface area contributed by atoms with Crippen LogP contribution in [0.25, 0.3) is 0 Å². The lowest BCUT2D eigenvalue weighted by Gasteiger charge is -2.17. The summed E-state index contributed by atoms with van der Waals surface area (Å²) < 4.78 is 0. The fourth-order valence-corrected chi connectivity index (χ4v) is 2.33. The van der Waals surface area contributed by atoms with Gasteiger partial charge in [0, 0.05) is 17.9 Å². The zero-order valence-corrected chi connectivity index (χ0v) is 11.5. The molecule has 1 atom stereocenters. The Bertz CT molecular complexity index is 453. The molecule has 1 aromatic carbocycles. The number of nitrogens with one attached hydrogen (secondary N) is 1. The first-order chi connectivity index (χ1) is 9.38. The average molecular weight is 254 g/mol. The number of hydrogen-bond donors (Lipinski definition) is 1. The number of hydrogen-bond acceptors (Lipinski definition) is 2. The molecule has 2 rings (SSSR count). The van der Waals surface area contributed by atoms with E-state index in [-0.39, 0.29) is 0 Å². The molecule has 0 saturated heterocycles. The highest BCUT2D eigenvalue weighted by atomic mass is 14.9. The summed E-state index contributed by atoms with van der Waals surface area (Å²) in [7, 11) is 0. The molecule has 0 aliphatic carbocycles. The average Bonchev–Trinajstić information content (AvgIpc) is 2.47. The van der Waals surface area contributed by atoms with Crippen molar-refractivity contribution in [2.75, 3.05) is 6.54 Å². The molecule has 100 valence electrons. The summed E-state index contributed by atoms with van der Waals surface area (Å²) in [5, 5.41) is 3.57. The van der Waals surface area contributed by atoms with E-state index in [1.54, 1.807) is 0 Å². The first-order valence-electron chi connectivity index (χ1n) is 7.05. The van der Waals surface area contributed by atoms with Crippen molar-refractivity contribution in [1.29, 1.82) is 0 Å². The predicted molar refractivity (Wildman–Crippen MR) is 80.2 cm³/mol. The van der Waals surface area contributed by atoms with Crippen molar-refractivity contribution < 1.29 is 0 Å². The van der Waals surface area contributed by atoms with E-state index >= 15 is 0 Å². The second-order valence-corrected chi connectivity index (χ2v) is 4.80. The van der Waals surface area contributed by atoms with Gasteiger partial charge in [-0.1, -0.05) is 43.3 Å². The van der Waals surface area contributed by atoms with Crippen molar-refractivity contribution in [3.05, 3.63) is 66.0 Å². The van der Waals surface area contributed by atoms with Crippen molar-refractivity contribution in [3.63, 3.8) is 0 Å². The molecule has 0 amide bonds. The standard InChI is InChI=1S/C17H22N2/c1-2-18-17(14-15-8-4-3-5-9-15)12-11-16-10-6-7-13-19-16/h3-10,13,17-18H,2,11-12,14H2,1H3. The minimum Gasteiger partial charge on any atom is -0.314 e. The van der Waals surface area contributed by atoms with Crippen LogP contribution in [0.15, 0.2) is 54.7 Å². The van der Waals surface area contributed by atoms with Crippen LogP contribution in [0.4, 0.5) is 0 Å². The van der Waals surface area contributed by atoms with Crippen LogP contribution < -0.4 is 5.32 Å². The van der Waals surface area contributed by atoms with Gasteiger partial charge < -0.3 is 5.32 Å². The van der Waals surface area contributed by atoms with Crippen LogP contribution >= 0.6 is 0 Å². The molecule has 0 radical (unpaired) electrons. The highest BCUT2D eigenvalue weighted by molar-refractivity contribution is 5.16. The molecule has 0 bridgehead atoms. The van der Waals surface area contributed by atoms with E-state index in [1.165, 1.54) is 11.3 Å². The van der Waals surface area contributed by atoms with Gasteiger partial charge in [0.25, 0.3) is 0 Å². The van der Waals surface area contributed by atoms with E-state index in [9.17, 15) is 0 Å². The molecular formula is C17H22N2. The maximum atomic E-state index is 4.39. The Labute approximate surface area is 115 Å². The molecule has 19 heavy (non-hydrogen) atoms. The largest absolute Gasteiger partial charge is 0.314 e. The van der Waals surface area contributed by atoms with Gasteiger partial charge in [-0.2, -0.15) is 0 Å². The summed E-state index contributed by atoms with van der Waals surface area (Å²) in [4.78, 5) is 4.39. The maximum Gasteiger partial charge on any atom is 0.0404 e. The smallest absolute Gasteiger partial charge is 0.0404 e. The Balaban J connectivity index is 1.89. The SMILES string of the molecule is CCNC(CCc1ccccn1)Cc1ccccc1. The van der Waals surface area contributed by atoms with Crippen LogP contribution in [0.1, 0.15) is 24.6 Å². The quantitative estimate of drug-likeness (QED) is 0.820. The summed E-state index contributed by atoms with van der Waals surface area (Å²) in [5.41, 5.74) is 2.58. The lowest BCUT2D eigenvalue weighted by atomic mass is 10.0. The molecule has 2 aromatic rings. The third-order valence-electron chi connectivity index (χ3n) is 3.29. The minimum absolute atomic E-state index is 0.523. The lowest BCUT2D eigenvalue weighted by Crippen LogP contribution is -2.31. The Morgan fingerprint density at radius 1 is 1.05 bits per heavy atom. The molecule has 0 aliphatic rings. The Morgan fingerprint density at radius 2 is 1.84 bits per heavy atom. The topological polar surface area (TPSA) is 24.9 Å². The molecule has 1 heterocycles. The van der Waals surface area contributed by atoms with Crippen molar-refractivity contribution in [2.24, 2.45) is 0 Å². The fourth-order valence-electron chi connectivity index (χ4n) is 2.33. The molecule has 1 unspecified atom stereocenters. The molecule has 1 N–H and O–H groups in total. The summed E-state index contributed by atoms with van der Waals surface area (Å²) in [5.74, 6) is 0. The van der Waals surface area contributed by atoms with E-state index in [0.29, 0.717) is 6.04 Å². The van der Waals surface area contributed by atoms with Gasteiger partial charge in [0.2, 0.25) is 0 Å². The molecular weight excluding hydrogens is 232 g/mol. The minimum atomic E-state index is 0.523. The van der Waals surface area contributed by atoms with Gasteiger partial charge in [-0.25, -0.2) is 0 Å². The van der Waals surface area contributed by atoms with Gasteiger partial charge in [0.1, 0.15) is 0 Å². The van der Waals surface area contributed by atoms with Crippen molar-refractivity contribution in [2.45, 2.75) is 32.2 Å². The third kappa shape index (κ3) is 4.84. The van der Waals surface area contributed by atoms with E-state index in [4.69, 9.17) is 0 Å². The van der Waals surface area contributed by atoms with Crippen molar-refractivity contribution >= 4 is 0 Å². The number of pyridine rings is 1. The summed E-state index contributed by atoms with van der Waals surface area (Å²) in [6.07, 6.45) is 5.11. The van der Waals surface area contributed by atoms with E-state index in [1.807, 2.05) is 12.3 Å². The molecule has 0 saturated carbocycles. The Kier molecular flexibility index (Phi) is 5.57. The maximum absolute atomic E-state index is 4.39. The third-order valence-corrected chi connectivity index (χ3v) is 3.29. The molecule has 1 aromatic heterocycles. The predicted octanol–water partition coefficient (Wildman–Crippen LogP) is 3.24. The van der Waals surface area contributed by atoms with Gasteiger partial charge in [0.05, 0.1) is 0 Å². The zero-order chi connectivity index (χ0) is 13.3. The zero-order valence-electron chi connectivity index (χ0n) is 11.5. The van der Waals surface area contributed by atoms with Crippen LogP contribution in [0.2, 0.25) is 0 Å². The van der Waals surface area contributed by atoms with Gasteiger partial charge in [-0.15, -0.1) is 0 Å². The van der Waals surface area contributed by atoms with E-state index in [0.717, 1.165) is 25.8 Å². The number of benzene rings is 1. The number of rotatable bonds is 7. The van der Waals surface area contributed by atoms with Crippen LogP contribution in [-0.4, -0.2) is 17.6 Å². The van der Waals surface area contributed by atoms with Gasteiger partial charge in [-0.3, -0.25) is 4.98 Å². The fraction of sp³-hybridized carbons (Fsp3) is 0.353. The second-order valence-electron chi connectivity index (χ2n) is 4.80. The Morgan fingerprint density at radius 3 is 2.53 bits per heavy atom. The van der Waals surface area contributed by atoms with Crippen molar-refractivity contribution in [1.82, 2.24) is 10.3 Å². The van der Waals surface area contributed by atoms with Crippen LogP contribution in [-0.2, 0) is 12.8 Å². The lowest BCUT2D eigenvalue weighted by molar-refractivity contribution is 0.489. The van der Waals surface area contributed by atoms with Gasteiger partial charge in [-0.05, 0) is 43.5 Å². The molecule has 0 spiro atoms. The molecule has 0 aliphatic heterocycles. The number of aryl methyl sites for hydroxylation is 1. The monoisotopic (exact) mass is 254 g/mol. The number of nitrogens with zero attached hydrogens (tertiary/aromatic N) is 1. The summed E-state index contributed by atoms with van der Waals surface area (Å²) in [6.45, 7) is 3.18. The first-order valence-corrected chi connectivity index (χ1v) is 7.05. The van der Waals surface area contributed by atoms with Crippen molar-refractivity contribution in [3.8, 4) is 0 Å². The highest BCUT2D eigenvalue weighted by Crippen LogP contribution is 2.09.